The van der Waals surface area contributed by atoms with Crippen molar-refractivity contribution >= 4 is 29.2 Å². The van der Waals surface area contributed by atoms with Gasteiger partial charge in [0, 0.05) is 63.5 Å². The molecule has 9 heteroatoms. The highest BCUT2D eigenvalue weighted by Crippen LogP contribution is 2.47. The van der Waals surface area contributed by atoms with Crippen molar-refractivity contribution in [3.05, 3.63) is 66.0 Å². The van der Waals surface area contributed by atoms with Crippen LogP contribution in [0.3, 0.4) is 0 Å². The summed E-state index contributed by atoms with van der Waals surface area (Å²) in [5, 5.41) is 6.72. The molecule has 1 aliphatic carbocycles. The SMILES string of the molecule is O=C1N(Cc2ccccc2)CCCC12Cc1cnc(Nc3ccc(N4CCNCC4)cn3)nc1N2C1CCCC1. The van der Waals surface area contributed by atoms with Crippen LogP contribution in [0.5, 0.6) is 0 Å². The highest BCUT2D eigenvalue weighted by molar-refractivity contribution is 5.93. The molecular formula is C31H38N8O. The molecule has 2 saturated heterocycles. The number of fused-ring (bicyclic) bond motifs is 1. The number of nitrogens with one attached hydrogen (secondary N) is 2. The van der Waals surface area contributed by atoms with E-state index in [4.69, 9.17) is 4.98 Å². The van der Waals surface area contributed by atoms with Crippen LogP contribution in [0.4, 0.5) is 23.3 Å². The number of nitrogens with zero attached hydrogens (tertiary/aromatic N) is 6. The minimum atomic E-state index is -0.569. The predicted octanol–water partition coefficient (Wildman–Crippen LogP) is 3.89. The Balaban J connectivity index is 1.15. The molecule has 40 heavy (non-hydrogen) atoms. The van der Waals surface area contributed by atoms with Crippen molar-refractivity contribution in [3.8, 4) is 0 Å². The van der Waals surface area contributed by atoms with Crippen LogP contribution in [-0.4, -0.2) is 70.1 Å². The van der Waals surface area contributed by atoms with Gasteiger partial charge >= 0.3 is 0 Å². The van der Waals surface area contributed by atoms with Gasteiger partial charge < -0.3 is 25.3 Å². The maximum atomic E-state index is 14.3. The van der Waals surface area contributed by atoms with Crippen LogP contribution in [-0.2, 0) is 17.8 Å². The Morgan fingerprint density at radius 3 is 2.55 bits per heavy atom. The number of pyridine rings is 1. The lowest BCUT2D eigenvalue weighted by Crippen LogP contribution is -2.63. The van der Waals surface area contributed by atoms with Crippen molar-refractivity contribution < 1.29 is 4.79 Å². The third kappa shape index (κ3) is 4.66. The number of hydrogen-bond acceptors (Lipinski definition) is 8. The van der Waals surface area contributed by atoms with Gasteiger partial charge in [0.25, 0.3) is 0 Å². The van der Waals surface area contributed by atoms with Crippen molar-refractivity contribution in [2.45, 2.75) is 63.1 Å². The Bertz CT molecular complexity index is 1340. The largest absolute Gasteiger partial charge is 0.368 e. The molecule has 2 N–H and O–H groups in total. The minimum absolute atomic E-state index is 0.243. The fourth-order valence-electron chi connectivity index (χ4n) is 7.17. The summed E-state index contributed by atoms with van der Waals surface area (Å²) in [5.74, 6) is 2.43. The number of piperidine rings is 1. The van der Waals surface area contributed by atoms with Crippen LogP contribution in [0.15, 0.2) is 54.9 Å². The molecular weight excluding hydrogens is 500 g/mol. The molecule has 5 heterocycles. The molecule has 0 radical (unpaired) electrons. The summed E-state index contributed by atoms with van der Waals surface area (Å²) in [4.78, 5) is 35.6. The van der Waals surface area contributed by atoms with E-state index in [0.29, 0.717) is 25.0 Å². The summed E-state index contributed by atoms with van der Waals surface area (Å²) < 4.78 is 0. The van der Waals surface area contributed by atoms with Crippen molar-refractivity contribution in [1.29, 1.82) is 0 Å². The third-order valence-electron chi connectivity index (χ3n) is 9.09. The van der Waals surface area contributed by atoms with E-state index in [1.807, 2.05) is 36.7 Å². The van der Waals surface area contributed by atoms with E-state index in [-0.39, 0.29) is 5.91 Å². The number of hydrogen-bond donors (Lipinski definition) is 2. The lowest BCUT2D eigenvalue weighted by molar-refractivity contribution is -0.141. The monoisotopic (exact) mass is 538 g/mol. The number of amides is 1. The number of rotatable bonds is 6. The van der Waals surface area contributed by atoms with Gasteiger partial charge in [-0.15, -0.1) is 0 Å². The molecule has 4 aliphatic rings. The average molecular weight is 539 g/mol. The highest BCUT2D eigenvalue weighted by atomic mass is 16.2. The molecule has 9 nitrogen and oxygen atoms in total. The topological polar surface area (TPSA) is 89.5 Å². The van der Waals surface area contributed by atoms with Crippen molar-refractivity contribution in [1.82, 2.24) is 25.2 Å². The van der Waals surface area contributed by atoms with Crippen LogP contribution in [0.2, 0.25) is 0 Å². The van der Waals surface area contributed by atoms with Gasteiger partial charge in [-0.1, -0.05) is 43.2 Å². The van der Waals surface area contributed by atoms with E-state index in [1.165, 1.54) is 18.4 Å². The van der Waals surface area contributed by atoms with E-state index < -0.39 is 5.54 Å². The Morgan fingerprint density at radius 1 is 0.950 bits per heavy atom. The van der Waals surface area contributed by atoms with Crippen molar-refractivity contribution in [3.63, 3.8) is 0 Å². The smallest absolute Gasteiger partial charge is 0.249 e. The Morgan fingerprint density at radius 2 is 1.77 bits per heavy atom. The minimum Gasteiger partial charge on any atom is -0.368 e. The first-order valence-corrected chi connectivity index (χ1v) is 14.9. The standard InChI is InChI=1S/C31H38N8O/c40-29-31(13-6-16-38(29)22-23-7-2-1-3-8-23)19-24-20-34-30(36-28(24)39(31)25-9-4-5-10-25)35-27-12-11-26(21-33-27)37-17-14-32-15-18-37/h1-3,7-8,11-12,20-21,25,32H,4-6,9-10,13-19,22H2,(H,33,34,35,36). The Kier molecular flexibility index (Phi) is 6.75. The highest BCUT2D eigenvalue weighted by Gasteiger charge is 2.55. The number of anilines is 4. The van der Waals surface area contributed by atoms with Gasteiger partial charge in [-0.05, 0) is 43.4 Å². The molecule has 1 atom stereocenters. The molecule has 3 aliphatic heterocycles. The Labute approximate surface area is 236 Å². The van der Waals surface area contributed by atoms with E-state index >= 15 is 0 Å². The van der Waals surface area contributed by atoms with Gasteiger partial charge in [0.05, 0.1) is 11.9 Å². The van der Waals surface area contributed by atoms with Gasteiger partial charge in [-0.2, -0.15) is 4.98 Å². The number of likely N-dealkylation sites (tertiary alicyclic amines) is 1. The molecule has 1 aromatic carbocycles. The van der Waals surface area contributed by atoms with E-state index in [1.54, 1.807) is 0 Å². The molecule has 3 aromatic rings. The van der Waals surface area contributed by atoms with Crippen molar-refractivity contribution in [2.24, 2.45) is 0 Å². The maximum Gasteiger partial charge on any atom is 0.249 e. The van der Waals surface area contributed by atoms with Crippen molar-refractivity contribution in [2.75, 3.05) is 47.8 Å². The second-order valence-electron chi connectivity index (χ2n) is 11.6. The molecule has 1 amide bonds. The van der Waals surface area contributed by atoms with Crippen LogP contribution in [0.1, 0.15) is 49.7 Å². The number of aromatic nitrogens is 3. The van der Waals surface area contributed by atoms with Gasteiger partial charge in [-0.3, -0.25) is 4.79 Å². The lowest BCUT2D eigenvalue weighted by atomic mass is 9.83. The molecule has 0 bridgehead atoms. The molecule has 2 aromatic heterocycles. The third-order valence-corrected chi connectivity index (χ3v) is 9.09. The van der Waals surface area contributed by atoms with E-state index in [0.717, 1.165) is 81.3 Å². The van der Waals surface area contributed by atoms with Gasteiger partial charge in [-0.25, -0.2) is 9.97 Å². The summed E-state index contributed by atoms with van der Waals surface area (Å²) in [7, 11) is 0. The number of carbonyl (C=O) groups excluding carboxylic acids is 1. The predicted molar refractivity (Wildman–Crippen MR) is 157 cm³/mol. The molecule has 1 saturated carbocycles. The second kappa shape index (κ2) is 10.7. The van der Waals surface area contributed by atoms with E-state index in [2.05, 4.69) is 53.5 Å². The van der Waals surface area contributed by atoms with Gasteiger partial charge in [0.15, 0.2) is 0 Å². The summed E-state index contributed by atoms with van der Waals surface area (Å²) in [6.07, 6.45) is 11.0. The number of piperazine rings is 1. The number of carbonyl (C=O) groups is 1. The fourth-order valence-corrected chi connectivity index (χ4v) is 7.17. The normalized spacial score (nSPS) is 23.2. The fraction of sp³-hybridized carbons (Fsp3) is 0.484. The van der Waals surface area contributed by atoms with Crippen LogP contribution < -0.4 is 20.4 Å². The zero-order chi connectivity index (χ0) is 26.9. The molecule has 1 spiro atoms. The van der Waals surface area contributed by atoms with Gasteiger partial charge in [0.1, 0.15) is 17.2 Å². The summed E-state index contributed by atoms with van der Waals surface area (Å²) in [6, 6.07) is 14.8. The van der Waals surface area contributed by atoms with E-state index in [9.17, 15) is 4.79 Å². The zero-order valence-electron chi connectivity index (χ0n) is 23.1. The summed E-state index contributed by atoms with van der Waals surface area (Å²) >= 11 is 0. The quantitative estimate of drug-likeness (QED) is 0.489. The summed E-state index contributed by atoms with van der Waals surface area (Å²) in [5.41, 5.74) is 2.82. The second-order valence-corrected chi connectivity index (χ2v) is 11.6. The average Bonchev–Trinajstić information content (AvgIpc) is 3.63. The lowest BCUT2D eigenvalue weighted by Gasteiger charge is -2.47. The summed E-state index contributed by atoms with van der Waals surface area (Å²) in [6.45, 7) is 5.43. The first-order chi connectivity index (χ1) is 19.7. The molecule has 208 valence electrons. The van der Waals surface area contributed by atoms with Crippen LogP contribution in [0.25, 0.3) is 0 Å². The van der Waals surface area contributed by atoms with Crippen LogP contribution >= 0.6 is 0 Å². The maximum absolute atomic E-state index is 14.3. The molecule has 1 unspecified atom stereocenters. The zero-order valence-corrected chi connectivity index (χ0v) is 23.1. The van der Waals surface area contributed by atoms with Crippen LogP contribution in [0, 0.1) is 0 Å². The molecule has 3 fully saturated rings. The van der Waals surface area contributed by atoms with Gasteiger partial charge in [0.2, 0.25) is 11.9 Å². The first kappa shape index (κ1) is 25.3. The molecule has 7 rings (SSSR count). The Hall–Kier alpha value is -3.72. The number of benzene rings is 1. The first-order valence-electron chi connectivity index (χ1n) is 14.9.